The molecular formula is C21H20FN3O4. The Morgan fingerprint density at radius 3 is 2.76 bits per heavy atom. The lowest BCUT2D eigenvalue weighted by Gasteiger charge is -2.14. The summed E-state index contributed by atoms with van der Waals surface area (Å²) in [4.78, 5) is 25.6. The van der Waals surface area contributed by atoms with Crippen molar-refractivity contribution in [2.45, 2.75) is 25.9 Å². The maximum absolute atomic E-state index is 13.2. The molecule has 2 aromatic heterocycles. The molecule has 0 fully saturated rings. The molecule has 3 aromatic rings. The first-order chi connectivity index (χ1) is 14.0. The first-order valence-corrected chi connectivity index (χ1v) is 9.33. The van der Waals surface area contributed by atoms with Crippen molar-refractivity contribution in [3.8, 4) is 5.69 Å². The number of likely N-dealkylation sites (N-methyl/N-ethyl adjacent to an activating group) is 1. The number of benzene rings is 1. The Kier molecular flexibility index (Phi) is 5.16. The molecule has 29 heavy (non-hydrogen) atoms. The van der Waals surface area contributed by atoms with Crippen molar-refractivity contribution in [1.29, 1.82) is 0 Å². The molecule has 0 N–H and O–H groups in total. The second-order valence-corrected chi connectivity index (χ2v) is 6.91. The second-order valence-electron chi connectivity index (χ2n) is 6.91. The number of halogens is 1. The minimum Gasteiger partial charge on any atom is -0.459 e. The zero-order valence-electron chi connectivity index (χ0n) is 15.9. The zero-order chi connectivity index (χ0) is 20.4. The molecule has 0 saturated heterocycles. The summed E-state index contributed by atoms with van der Waals surface area (Å²) < 4.78 is 25.4. The average molecular weight is 397 g/mol. The molecule has 0 spiro atoms. The molecule has 1 aromatic carbocycles. The van der Waals surface area contributed by atoms with E-state index < -0.39 is 11.9 Å². The monoisotopic (exact) mass is 397 g/mol. The molecule has 0 bridgehead atoms. The fourth-order valence-corrected chi connectivity index (χ4v) is 3.47. The lowest BCUT2D eigenvalue weighted by Crippen LogP contribution is -2.32. The lowest BCUT2D eigenvalue weighted by molar-refractivity contribution is -0.145. The van der Waals surface area contributed by atoms with E-state index in [2.05, 4.69) is 5.10 Å². The van der Waals surface area contributed by atoms with Gasteiger partial charge < -0.3 is 14.1 Å². The number of ether oxygens (including phenoxy) is 1. The van der Waals surface area contributed by atoms with Crippen LogP contribution in [-0.4, -0.2) is 40.1 Å². The molecular weight excluding hydrogens is 377 g/mol. The first kappa shape index (κ1) is 18.9. The van der Waals surface area contributed by atoms with Crippen molar-refractivity contribution in [3.05, 3.63) is 71.2 Å². The Morgan fingerprint density at radius 1 is 1.24 bits per heavy atom. The van der Waals surface area contributed by atoms with E-state index in [1.165, 1.54) is 36.4 Å². The summed E-state index contributed by atoms with van der Waals surface area (Å²) in [7, 11) is 1.51. The van der Waals surface area contributed by atoms with Gasteiger partial charge in [0.2, 0.25) is 0 Å². The SMILES string of the molecule is CN(CC(=O)OCc1nn(-c2ccc(F)cc2)c2c1CCC2)C(=O)c1ccco1. The summed E-state index contributed by atoms with van der Waals surface area (Å²) in [5.74, 6) is -1.07. The molecule has 1 aliphatic rings. The number of fused-ring (bicyclic) bond motifs is 1. The molecule has 1 aliphatic carbocycles. The fourth-order valence-electron chi connectivity index (χ4n) is 3.47. The van der Waals surface area contributed by atoms with Crippen LogP contribution in [0.1, 0.15) is 33.9 Å². The van der Waals surface area contributed by atoms with Crippen LogP contribution in [0.4, 0.5) is 4.39 Å². The molecule has 0 radical (unpaired) electrons. The molecule has 8 heteroatoms. The Bertz CT molecular complexity index is 1030. The van der Waals surface area contributed by atoms with Gasteiger partial charge in [0, 0.05) is 18.3 Å². The van der Waals surface area contributed by atoms with Crippen LogP contribution in [0.3, 0.4) is 0 Å². The largest absolute Gasteiger partial charge is 0.459 e. The van der Waals surface area contributed by atoms with E-state index in [0.29, 0.717) is 5.69 Å². The topological polar surface area (TPSA) is 77.6 Å². The van der Waals surface area contributed by atoms with E-state index in [-0.39, 0.29) is 24.7 Å². The van der Waals surface area contributed by atoms with E-state index in [1.807, 2.05) is 0 Å². The lowest BCUT2D eigenvalue weighted by atomic mass is 10.2. The number of aromatic nitrogens is 2. The van der Waals surface area contributed by atoms with Crippen LogP contribution < -0.4 is 0 Å². The van der Waals surface area contributed by atoms with Crippen molar-refractivity contribution in [2.75, 3.05) is 13.6 Å². The molecule has 4 rings (SSSR count). The van der Waals surface area contributed by atoms with E-state index in [0.717, 1.165) is 36.2 Å². The van der Waals surface area contributed by atoms with Gasteiger partial charge in [0.15, 0.2) is 5.76 Å². The Hall–Kier alpha value is -3.42. The summed E-state index contributed by atoms with van der Waals surface area (Å²) in [6.07, 6.45) is 4.13. The van der Waals surface area contributed by atoms with Gasteiger partial charge in [0.1, 0.15) is 24.7 Å². The predicted molar refractivity (Wildman–Crippen MR) is 101 cm³/mol. The molecule has 0 aliphatic heterocycles. The summed E-state index contributed by atoms with van der Waals surface area (Å²) >= 11 is 0. The van der Waals surface area contributed by atoms with Gasteiger partial charge in [-0.25, -0.2) is 9.07 Å². The zero-order valence-corrected chi connectivity index (χ0v) is 15.9. The van der Waals surface area contributed by atoms with Crippen LogP contribution in [0, 0.1) is 5.82 Å². The van der Waals surface area contributed by atoms with Gasteiger partial charge >= 0.3 is 5.97 Å². The maximum atomic E-state index is 13.2. The number of carbonyl (C=O) groups excluding carboxylic acids is 2. The predicted octanol–water partition coefficient (Wildman–Crippen LogP) is 2.91. The minimum absolute atomic E-state index is 0.0259. The molecule has 0 saturated carbocycles. The summed E-state index contributed by atoms with van der Waals surface area (Å²) in [5.41, 5.74) is 3.59. The van der Waals surface area contributed by atoms with Gasteiger partial charge in [-0.1, -0.05) is 0 Å². The first-order valence-electron chi connectivity index (χ1n) is 9.33. The van der Waals surface area contributed by atoms with Crippen molar-refractivity contribution in [1.82, 2.24) is 14.7 Å². The normalized spacial score (nSPS) is 12.6. The van der Waals surface area contributed by atoms with Crippen molar-refractivity contribution in [2.24, 2.45) is 0 Å². The quantitative estimate of drug-likeness (QED) is 0.598. The smallest absolute Gasteiger partial charge is 0.326 e. The number of rotatable bonds is 6. The molecule has 150 valence electrons. The van der Waals surface area contributed by atoms with Gasteiger partial charge in [-0.05, 0) is 55.7 Å². The van der Waals surface area contributed by atoms with Crippen LogP contribution in [0.2, 0.25) is 0 Å². The third-order valence-electron chi connectivity index (χ3n) is 4.90. The number of esters is 1. The second kappa shape index (κ2) is 7.90. The van der Waals surface area contributed by atoms with Gasteiger partial charge in [-0.2, -0.15) is 5.10 Å². The molecule has 1 amide bonds. The van der Waals surface area contributed by atoms with Crippen LogP contribution >= 0.6 is 0 Å². The van der Waals surface area contributed by atoms with E-state index >= 15 is 0 Å². The number of furan rings is 1. The van der Waals surface area contributed by atoms with Gasteiger partial charge in [-0.3, -0.25) is 9.59 Å². The summed E-state index contributed by atoms with van der Waals surface area (Å²) in [6, 6.07) is 9.28. The Balaban J connectivity index is 1.42. The van der Waals surface area contributed by atoms with Crippen molar-refractivity contribution in [3.63, 3.8) is 0 Å². The highest BCUT2D eigenvalue weighted by atomic mass is 19.1. The van der Waals surface area contributed by atoms with Crippen LogP contribution in [0.5, 0.6) is 0 Å². The number of nitrogens with zero attached hydrogens (tertiary/aromatic N) is 3. The highest BCUT2D eigenvalue weighted by Crippen LogP contribution is 2.28. The fraction of sp³-hybridized carbons (Fsp3) is 0.286. The highest BCUT2D eigenvalue weighted by molar-refractivity contribution is 5.93. The maximum Gasteiger partial charge on any atom is 0.326 e. The minimum atomic E-state index is -0.532. The molecule has 0 atom stereocenters. The van der Waals surface area contributed by atoms with Gasteiger partial charge in [0.25, 0.3) is 5.91 Å². The summed E-state index contributed by atoms with van der Waals surface area (Å²) in [6.45, 7) is -0.168. The standard InChI is InChI=1S/C21H20FN3O4/c1-24(21(27)19-6-3-11-28-19)12-20(26)29-13-17-16-4-2-5-18(16)25(23-17)15-9-7-14(22)8-10-15/h3,6-11H,2,4-5,12-13H2,1H3. The highest BCUT2D eigenvalue weighted by Gasteiger charge is 2.24. The van der Waals surface area contributed by atoms with Crippen LogP contribution in [0.15, 0.2) is 47.1 Å². The average Bonchev–Trinajstić information content (AvgIpc) is 3.45. The molecule has 2 heterocycles. The van der Waals surface area contributed by atoms with Crippen LogP contribution in [0.25, 0.3) is 5.69 Å². The van der Waals surface area contributed by atoms with Gasteiger partial charge in [0.05, 0.1) is 12.0 Å². The Labute approximate surface area is 166 Å². The van der Waals surface area contributed by atoms with E-state index in [9.17, 15) is 14.0 Å². The third-order valence-corrected chi connectivity index (χ3v) is 4.90. The van der Waals surface area contributed by atoms with Crippen molar-refractivity contribution < 1.29 is 23.1 Å². The number of amides is 1. The number of hydrogen-bond donors (Lipinski definition) is 0. The molecule has 7 nitrogen and oxygen atoms in total. The number of carbonyl (C=O) groups is 2. The van der Waals surface area contributed by atoms with Crippen molar-refractivity contribution >= 4 is 11.9 Å². The van der Waals surface area contributed by atoms with Crippen LogP contribution in [-0.2, 0) is 29.0 Å². The number of hydrogen-bond acceptors (Lipinski definition) is 5. The van der Waals surface area contributed by atoms with E-state index in [1.54, 1.807) is 22.9 Å². The molecule has 0 unspecified atom stereocenters. The van der Waals surface area contributed by atoms with E-state index in [4.69, 9.17) is 9.15 Å². The Morgan fingerprint density at radius 2 is 2.03 bits per heavy atom. The summed E-state index contributed by atoms with van der Waals surface area (Å²) in [5, 5.41) is 4.58. The third kappa shape index (κ3) is 3.91. The van der Waals surface area contributed by atoms with Gasteiger partial charge in [-0.15, -0.1) is 0 Å².